The van der Waals surface area contributed by atoms with Crippen molar-refractivity contribution in [2.24, 2.45) is 0 Å². The highest BCUT2D eigenvalue weighted by atomic mass is 32.2. The summed E-state index contributed by atoms with van der Waals surface area (Å²) >= 11 is 0. The molecule has 0 saturated heterocycles. The predicted molar refractivity (Wildman–Crippen MR) is 87.7 cm³/mol. The van der Waals surface area contributed by atoms with Gasteiger partial charge in [-0.2, -0.15) is 0 Å². The molecule has 0 aromatic heterocycles. The van der Waals surface area contributed by atoms with Crippen LogP contribution >= 0.6 is 0 Å². The zero-order valence-corrected chi connectivity index (χ0v) is 14.2. The molecular formula is C14H17N3O7S. The Kier molecular flexibility index (Phi) is 5.80. The van der Waals surface area contributed by atoms with Gasteiger partial charge in [0.1, 0.15) is 25.2 Å². The zero-order valence-electron chi connectivity index (χ0n) is 13.4. The summed E-state index contributed by atoms with van der Waals surface area (Å²) in [5.74, 6) is -0.391. The molecule has 0 spiro atoms. The minimum atomic E-state index is -3.55. The van der Waals surface area contributed by atoms with E-state index in [1.54, 1.807) is 0 Å². The number of nitro benzene ring substituents is 1. The van der Waals surface area contributed by atoms with Gasteiger partial charge < -0.3 is 20.1 Å². The van der Waals surface area contributed by atoms with Gasteiger partial charge in [0.15, 0.2) is 9.84 Å². The lowest BCUT2D eigenvalue weighted by atomic mass is 10.2. The highest BCUT2D eigenvalue weighted by Crippen LogP contribution is 2.27. The molecule has 0 fully saturated rings. The van der Waals surface area contributed by atoms with Gasteiger partial charge in [-0.15, -0.1) is 0 Å². The molecule has 0 bridgehead atoms. The van der Waals surface area contributed by atoms with Gasteiger partial charge in [0.05, 0.1) is 9.82 Å². The number of hydrogen-bond donors (Lipinski definition) is 2. The van der Waals surface area contributed by atoms with E-state index in [0.29, 0.717) is 6.61 Å². The van der Waals surface area contributed by atoms with Crippen LogP contribution in [0.1, 0.15) is 0 Å². The Morgan fingerprint density at radius 3 is 2.68 bits per heavy atom. The number of carbonyl (C=O) groups is 1. The molecule has 0 unspecified atom stereocenters. The SMILES string of the molecule is CS(=O)(=O)c1ccc(NCCNC(=O)C2=COCCO2)c([N+](=O)[O-])c1. The van der Waals surface area contributed by atoms with Crippen molar-refractivity contribution >= 4 is 27.1 Å². The van der Waals surface area contributed by atoms with Crippen LogP contribution in [-0.2, 0) is 24.1 Å². The zero-order chi connectivity index (χ0) is 18.4. The Balaban J connectivity index is 1.95. The van der Waals surface area contributed by atoms with E-state index in [1.807, 2.05) is 0 Å². The van der Waals surface area contributed by atoms with Crippen LogP contribution in [-0.4, -0.2) is 51.8 Å². The number of rotatable bonds is 7. The van der Waals surface area contributed by atoms with Crippen molar-refractivity contribution in [1.82, 2.24) is 5.32 Å². The highest BCUT2D eigenvalue weighted by molar-refractivity contribution is 7.90. The second-order valence-corrected chi connectivity index (χ2v) is 7.11. The largest absolute Gasteiger partial charge is 0.494 e. The first kappa shape index (κ1) is 18.5. The Hall–Kier alpha value is -2.82. The predicted octanol–water partition coefficient (Wildman–Crippen LogP) is 0.415. The van der Waals surface area contributed by atoms with Gasteiger partial charge >= 0.3 is 0 Å². The van der Waals surface area contributed by atoms with Crippen LogP contribution in [0.3, 0.4) is 0 Å². The number of anilines is 1. The fraction of sp³-hybridized carbons (Fsp3) is 0.357. The van der Waals surface area contributed by atoms with Crippen LogP contribution in [0.4, 0.5) is 11.4 Å². The molecule has 11 heteroatoms. The van der Waals surface area contributed by atoms with Crippen molar-refractivity contribution in [2.45, 2.75) is 4.90 Å². The van der Waals surface area contributed by atoms with E-state index in [9.17, 15) is 23.3 Å². The number of hydrogen-bond acceptors (Lipinski definition) is 8. The second kappa shape index (κ2) is 7.83. The maximum Gasteiger partial charge on any atom is 0.293 e. The second-order valence-electron chi connectivity index (χ2n) is 5.09. The number of sulfone groups is 1. The Morgan fingerprint density at radius 1 is 1.32 bits per heavy atom. The quantitative estimate of drug-likeness (QED) is 0.399. The molecule has 0 radical (unpaired) electrons. The third kappa shape index (κ3) is 5.08. The molecule has 1 aromatic rings. The number of nitro groups is 1. The third-order valence-electron chi connectivity index (χ3n) is 3.19. The summed E-state index contributed by atoms with van der Waals surface area (Å²) in [4.78, 5) is 22.1. The van der Waals surface area contributed by atoms with Crippen LogP contribution in [0.2, 0.25) is 0 Å². The number of amides is 1. The molecule has 0 saturated carbocycles. The maximum absolute atomic E-state index is 11.8. The van der Waals surface area contributed by atoms with E-state index < -0.39 is 20.7 Å². The minimum absolute atomic E-state index is 0.0646. The highest BCUT2D eigenvalue weighted by Gasteiger charge is 2.19. The van der Waals surface area contributed by atoms with E-state index in [4.69, 9.17) is 9.47 Å². The molecule has 1 aromatic carbocycles. The van der Waals surface area contributed by atoms with Crippen molar-refractivity contribution in [3.8, 4) is 0 Å². The van der Waals surface area contributed by atoms with Crippen molar-refractivity contribution in [3.63, 3.8) is 0 Å². The molecule has 10 nitrogen and oxygen atoms in total. The van der Waals surface area contributed by atoms with Crippen molar-refractivity contribution in [2.75, 3.05) is 37.9 Å². The Bertz CT molecular complexity index is 805. The van der Waals surface area contributed by atoms with E-state index in [0.717, 1.165) is 12.3 Å². The summed E-state index contributed by atoms with van der Waals surface area (Å²) in [7, 11) is -3.55. The number of nitrogens with one attached hydrogen (secondary N) is 2. The minimum Gasteiger partial charge on any atom is -0.494 e. The Morgan fingerprint density at radius 2 is 2.08 bits per heavy atom. The fourth-order valence-electron chi connectivity index (χ4n) is 1.99. The first-order valence-corrected chi connectivity index (χ1v) is 9.13. The maximum atomic E-state index is 11.8. The standard InChI is InChI=1S/C14H17N3O7S/c1-25(21,22)10-2-3-11(12(8-10)17(19)20)15-4-5-16-14(18)13-9-23-6-7-24-13/h2-3,8-9,15H,4-7H2,1H3,(H,16,18). The molecule has 0 aliphatic carbocycles. The lowest BCUT2D eigenvalue weighted by molar-refractivity contribution is -0.384. The number of ether oxygens (including phenoxy) is 2. The average Bonchev–Trinajstić information content (AvgIpc) is 2.58. The van der Waals surface area contributed by atoms with Gasteiger partial charge in [-0.05, 0) is 12.1 Å². The topological polar surface area (TPSA) is 137 Å². The molecule has 2 rings (SSSR count). The van der Waals surface area contributed by atoms with Crippen LogP contribution < -0.4 is 10.6 Å². The van der Waals surface area contributed by atoms with Crippen LogP contribution in [0.5, 0.6) is 0 Å². The first-order chi connectivity index (χ1) is 11.8. The smallest absolute Gasteiger partial charge is 0.293 e. The van der Waals surface area contributed by atoms with Gasteiger partial charge in [0.2, 0.25) is 5.76 Å². The van der Waals surface area contributed by atoms with Gasteiger partial charge in [-0.3, -0.25) is 14.9 Å². The van der Waals surface area contributed by atoms with Crippen LogP contribution in [0, 0.1) is 10.1 Å². The molecule has 0 atom stereocenters. The summed E-state index contributed by atoms with van der Waals surface area (Å²) in [6, 6.07) is 3.59. The first-order valence-electron chi connectivity index (χ1n) is 7.24. The molecule has 1 aliphatic heterocycles. The molecular weight excluding hydrogens is 354 g/mol. The third-order valence-corrected chi connectivity index (χ3v) is 4.30. The van der Waals surface area contributed by atoms with Crippen molar-refractivity contribution in [3.05, 3.63) is 40.3 Å². The van der Waals surface area contributed by atoms with Gasteiger partial charge in [-0.25, -0.2) is 8.42 Å². The summed E-state index contributed by atoms with van der Waals surface area (Å²) < 4.78 is 33.1. The lowest BCUT2D eigenvalue weighted by Crippen LogP contribution is -2.32. The summed E-state index contributed by atoms with van der Waals surface area (Å²) in [5, 5.41) is 16.5. The summed E-state index contributed by atoms with van der Waals surface area (Å²) in [6.07, 6.45) is 2.20. The number of nitrogens with zero attached hydrogens (tertiary/aromatic N) is 1. The van der Waals surface area contributed by atoms with Gasteiger partial charge in [0, 0.05) is 25.4 Å². The van der Waals surface area contributed by atoms with Gasteiger partial charge in [-0.1, -0.05) is 0 Å². The molecule has 1 aliphatic rings. The van der Waals surface area contributed by atoms with Crippen molar-refractivity contribution in [1.29, 1.82) is 0 Å². The van der Waals surface area contributed by atoms with E-state index in [1.165, 1.54) is 18.4 Å². The fourth-order valence-corrected chi connectivity index (χ4v) is 2.63. The molecule has 1 amide bonds. The van der Waals surface area contributed by atoms with Gasteiger partial charge in [0.25, 0.3) is 11.6 Å². The van der Waals surface area contributed by atoms with E-state index in [2.05, 4.69) is 10.6 Å². The van der Waals surface area contributed by atoms with Crippen molar-refractivity contribution < 1.29 is 27.6 Å². The summed E-state index contributed by atoms with van der Waals surface area (Å²) in [5.41, 5.74) is -0.205. The van der Waals surface area contributed by atoms with E-state index in [-0.39, 0.29) is 41.7 Å². The molecule has 136 valence electrons. The Labute approximate surface area is 143 Å². The monoisotopic (exact) mass is 371 g/mol. The summed E-state index contributed by atoms with van der Waals surface area (Å²) in [6.45, 7) is 1.03. The van der Waals surface area contributed by atoms with E-state index >= 15 is 0 Å². The average molecular weight is 371 g/mol. The number of carbonyl (C=O) groups excluding carboxylic acids is 1. The lowest BCUT2D eigenvalue weighted by Gasteiger charge is -2.15. The normalized spacial score (nSPS) is 13.9. The van der Waals surface area contributed by atoms with Crippen LogP contribution in [0.25, 0.3) is 0 Å². The number of benzene rings is 1. The molecule has 1 heterocycles. The molecule has 2 N–H and O–H groups in total. The molecule has 25 heavy (non-hydrogen) atoms. The van der Waals surface area contributed by atoms with Crippen LogP contribution in [0.15, 0.2) is 35.1 Å².